The van der Waals surface area contributed by atoms with Gasteiger partial charge >= 0.3 is 0 Å². The highest BCUT2D eigenvalue weighted by molar-refractivity contribution is 7.99. The normalized spacial score (nSPS) is 11.8. The van der Waals surface area contributed by atoms with Gasteiger partial charge in [0.2, 0.25) is 0 Å². The maximum atomic E-state index is 5.02. The monoisotopic (exact) mass is 329 g/mol. The predicted molar refractivity (Wildman–Crippen MR) is 105 cm³/mol. The molecule has 0 amide bonds. The summed E-state index contributed by atoms with van der Waals surface area (Å²) in [4.78, 5) is 7.62. The van der Waals surface area contributed by atoms with Gasteiger partial charge in [0.1, 0.15) is 0 Å². The maximum Gasteiger partial charge on any atom is 0.0810 e. The van der Waals surface area contributed by atoms with E-state index in [0.717, 1.165) is 11.2 Å². The second kappa shape index (κ2) is 5.95. The summed E-state index contributed by atoms with van der Waals surface area (Å²) in [7, 11) is 0. The molecule has 0 aliphatic carbocycles. The molecule has 2 heterocycles. The maximum absolute atomic E-state index is 5.02. The summed E-state index contributed by atoms with van der Waals surface area (Å²) in [5.74, 6) is 0. The molecule has 5 rings (SSSR count). The first-order chi connectivity index (χ1) is 11.8. The first kappa shape index (κ1) is 15.2. The largest absolute Gasteiger partial charge is 0.247 e. The highest BCUT2D eigenvalue weighted by atomic mass is 32.2. The zero-order valence-corrected chi connectivity index (χ0v) is 14.9. The van der Waals surface area contributed by atoms with Crippen molar-refractivity contribution in [2.24, 2.45) is 0 Å². The minimum absolute atomic E-state index is 1.08. The van der Waals surface area contributed by atoms with E-state index >= 15 is 0 Å². The topological polar surface area (TPSA) is 12.9 Å². The fourth-order valence-electron chi connectivity index (χ4n) is 3.29. The minimum atomic E-state index is 1.08. The van der Waals surface area contributed by atoms with Crippen molar-refractivity contribution in [3.05, 3.63) is 66.2 Å². The van der Waals surface area contributed by atoms with Gasteiger partial charge in [-0.1, -0.05) is 68.1 Å². The van der Waals surface area contributed by atoms with Crippen LogP contribution in [-0.2, 0) is 0 Å². The molecule has 2 heteroatoms. The lowest BCUT2D eigenvalue weighted by Gasteiger charge is -2.20. The van der Waals surface area contributed by atoms with Crippen LogP contribution in [0.4, 0.5) is 0 Å². The van der Waals surface area contributed by atoms with Gasteiger partial charge in [-0.05, 0) is 36.1 Å². The minimum Gasteiger partial charge on any atom is -0.247 e. The summed E-state index contributed by atoms with van der Waals surface area (Å²) in [5, 5.41) is 3.84. The molecule has 0 fully saturated rings. The van der Waals surface area contributed by atoms with Crippen LogP contribution in [0.5, 0.6) is 0 Å². The molecule has 24 heavy (non-hydrogen) atoms. The van der Waals surface area contributed by atoms with Crippen molar-refractivity contribution in [1.29, 1.82) is 0 Å². The fourth-order valence-corrected chi connectivity index (χ4v) is 4.40. The molecule has 118 valence electrons. The van der Waals surface area contributed by atoms with Gasteiger partial charge in [-0.2, -0.15) is 0 Å². The molecule has 1 aliphatic rings. The van der Waals surface area contributed by atoms with Crippen molar-refractivity contribution < 1.29 is 0 Å². The van der Waals surface area contributed by atoms with Crippen LogP contribution in [0.3, 0.4) is 0 Å². The predicted octanol–water partition coefficient (Wildman–Crippen LogP) is 6.85. The smallest absolute Gasteiger partial charge is 0.0810 e. The molecule has 0 unspecified atom stereocenters. The number of nitrogens with zero attached hydrogens (tertiary/aromatic N) is 1. The lowest BCUT2D eigenvalue weighted by atomic mass is 9.99. The molecule has 0 N–H and O–H groups in total. The summed E-state index contributed by atoms with van der Waals surface area (Å²) in [5.41, 5.74) is 4.71. The van der Waals surface area contributed by atoms with Crippen LogP contribution < -0.4 is 0 Å². The van der Waals surface area contributed by atoms with Gasteiger partial charge in [0.15, 0.2) is 0 Å². The van der Waals surface area contributed by atoms with Crippen LogP contribution in [0.25, 0.3) is 32.9 Å². The molecule has 1 aromatic heterocycles. The second-order valence-corrected chi connectivity index (χ2v) is 6.84. The van der Waals surface area contributed by atoms with E-state index in [1.807, 2.05) is 25.6 Å². The molecule has 4 aromatic rings. The Hall–Kier alpha value is -2.32. The highest BCUT2D eigenvalue weighted by Crippen LogP contribution is 2.48. The van der Waals surface area contributed by atoms with Crippen molar-refractivity contribution in [3.8, 4) is 11.3 Å². The Morgan fingerprint density at radius 1 is 0.792 bits per heavy atom. The Balaban J connectivity index is 0.000000704. The number of benzene rings is 3. The van der Waals surface area contributed by atoms with E-state index in [1.54, 1.807) is 0 Å². The third-order valence-electron chi connectivity index (χ3n) is 4.30. The van der Waals surface area contributed by atoms with Gasteiger partial charge in [0, 0.05) is 26.1 Å². The van der Waals surface area contributed by atoms with Gasteiger partial charge in [-0.3, -0.25) is 0 Å². The van der Waals surface area contributed by atoms with Gasteiger partial charge in [-0.15, -0.1) is 0 Å². The lowest BCUT2D eigenvalue weighted by molar-refractivity contribution is 1.32. The number of aryl methyl sites for hydroxylation is 1. The molecule has 0 saturated heterocycles. The second-order valence-electron chi connectivity index (χ2n) is 5.76. The van der Waals surface area contributed by atoms with Gasteiger partial charge in [0.05, 0.1) is 11.2 Å². The van der Waals surface area contributed by atoms with Crippen LogP contribution in [0.15, 0.2) is 70.5 Å². The molecule has 1 nitrogen and oxygen atoms in total. The van der Waals surface area contributed by atoms with Crippen molar-refractivity contribution in [1.82, 2.24) is 4.98 Å². The quantitative estimate of drug-likeness (QED) is 0.288. The number of hydrogen-bond donors (Lipinski definition) is 0. The molecular formula is C22H19NS. The first-order valence-electron chi connectivity index (χ1n) is 8.41. The lowest BCUT2D eigenvalue weighted by Crippen LogP contribution is -1.96. The van der Waals surface area contributed by atoms with Crippen LogP contribution in [0, 0.1) is 6.92 Å². The number of hydrogen-bond acceptors (Lipinski definition) is 2. The Morgan fingerprint density at radius 2 is 1.58 bits per heavy atom. The number of fused-ring (bicyclic) bond motifs is 4. The Labute approximate surface area is 146 Å². The third kappa shape index (κ3) is 2.22. The van der Waals surface area contributed by atoms with Crippen LogP contribution in [-0.4, -0.2) is 4.98 Å². The van der Waals surface area contributed by atoms with Crippen LogP contribution in [0.1, 0.15) is 19.4 Å². The van der Waals surface area contributed by atoms with Crippen molar-refractivity contribution >= 4 is 33.4 Å². The average Bonchev–Trinajstić information content (AvgIpc) is 2.63. The number of rotatable bonds is 0. The fraction of sp³-hybridized carbons (Fsp3) is 0.136. The summed E-state index contributed by atoms with van der Waals surface area (Å²) < 4.78 is 0. The van der Waals surface area contributed by atoms with Crippen molar-refractivity contribution in [3.63, 3.8) is 0 Å². The van der Waals surface area contributed by atoms with Crippen LogP contribution in [0.2, 0.25) is 0 Å². The zero-order valence-electron chi connectivity index (χ0n) is 14.1. The van der Waals surface area contributed by atoms with Crippen molar-refractivity contribution in [2.75, 3.05) is 0 Å². The first-order valence-corrected chi connectivity index (χ1v) is 9.23. The summed E-state index contributed by atoms with van der Waals surface area (Å²) in [6, 6.07) is 21.7. The molecule has 0 bridgehead atoms. The van der Waals surface area contributed by atoms with E-state index in [2.05, 4.69) is 67.6 Å². The SMILES string of the molecule is CC.Cc1ccc2c(c1)nc1c3c(cccc32)Sc2ccccc2-1. The Kier molecular flexibility index (Phi) is 3.78. The van der Waals surface area contributed by atoms with E-state index in [1.165, 1.54) is 37.1 Å². The Morgan fingerprint density at radius 3 is 2.46 bits per heavy atom. The molecule has 0 spiro atoms. The molecular weight excluding hydrogens is 310 g/mol. The van der Waals surface area contributed by atoms with E-state index in [9.17, 15) is 0 Å². The standard InChI is InChI=1S/C20H13NS.C2H6/c1-12-9-10-13-14-6-4-8-18-19(14)20(21-16(13)11-12)15-5-2-3-7-17(15)22-18;1-2/h2-11H,1H3;1-2H3. The summed E-state index contributed by atoms with van der Waals surface area (Å²) in [6.07, 6.45) is 0. The highest BCUT2D eigenvalue weighted by Gasteiger charge is 2.21. The average molecular weight is 329 g/mol. The van der Waals surface area contributed by atoms with Gasteiger partial charge in [-0.25, -0.2) is 4.98 Å². The third-order valence-corrected chi connectivity index (χ3v) is 5.44. The van der Waals surface area contributed by atoms with E-state index < -0.39 is 0 Å². The molecule has 3 aromatic carbocycles. The van der Waals surface area contributed by atoms with Crippen molar-refractivity contribution in [2.45, 2.75) is 30.6 Å². The zero-order chi connectivity index (χ0) is 16.7. The van der Waals surface area contributed by atoms with E-state index in [4.69, 9.17) is 4.98 Å². The molecule has 0 saturated carbocycles. The number of pyridine rings is 1. The summed E-state index contributed by atoms with van der Waals surface area (Å²) >= 11 is 1.85. The van der Waals surface area contributed by atoms with Gasteiger partial charge in [0.25, 0.3) is 0 Å². The molecule has 1 aliphatic heterocycles. The van der Waals surface area contributed by atoms with E-state index in [0.29, 0.717) is 0 Å². The Bertz CT molecular complexity index is 1070. The molecule has 0 radical (unpaired) electrons. The number of aromatic nitrogens is 1. The van der Waals surface area contributed by atoms with Gasteiger partial charge < -0.3 is 0 Å². The summed E-state index contributed by atoms with van der Waals surface area (Å²) in [6.45, 7) is 6.12. The van der Waals surface area contributed by atoms with Crippen LogP contribution >= 0.6 is 11.8 Å². The molecule has 0 atom stereocenters. The van der Waals surface area contributed by atoms with E-state index in [-0.39, 0.29) is 0 Å².